The summed E-state index contributed by atoms with van der Waals surface area (Å²) >= 11 is 1.48. The molecule has 6 nitrogen and oxygen atoms in total. The molecule has 2 heterocycles. The van der Waals surface area contributed by atoms with Crippen molar-refractivity contribution in [3.63, 3.8) is 0 Å². The zero-order chi connectivity index (χ0) is 13.5. The highest BCUT2D eigenvalue weighted by atomic mass is 32.2. The van der Waals surface area contributed by atoms with Crippen molar-refractivity contribution in [3.8, 4) is 0 Å². The predicted octanol–water partition coefficient (Wildman–Crippen LogP) is 2.57. The maximum absolute atomic E-state index is 4.19. The van der Waals surface area contributed by atoms with Gasteiger partial charge in [0.1, 0.15) is 22.1 Å². The van der Waals surface area contributed by atoms with Crippen molar-refractivity contribution in [1.29, 1.82) is 0 Å². The zero-order valence-corrected chi connectivity index (χ0v) is 11.4. The van der Waals surface area contributed by atoms with Crippen LogP contribution in [0.3, 0.4) is 0 Å². The van der Waals surface area contributed by atoms with Gasteiger partial charge in [-0.3, -0.25) is 0 Å². The largest absolute Gasteiger partial charge is 0.197 e. The van der Waals surface area contributed by atoms with Crippen molar-refractivity contribution in [1.82, 2.24) is 29.8 Å². The Morgan fingerprint density at radius 2 is 2.05 bits per heavy atom. The minimum Gasteiger partial charge on any atom is -0.197 e. The molecule has 0 saturated heterocycles. The molecule has 0 bridgehead atoms. The van der Waals surface area contributed by atoms with E-state index in [1.807, 2.05) is 37.3 Å². The number of para-hydroxylation sites is 1. The van der Waals surface area contributed by atoms with E-state index < -0.39 is 0 Å². The zero-order valence-electron chi connectivity index (χ0n) is 10.6. The van der Waals surface area contributed by atoms with Gasteiger partial charge in [-0.05, 0) is 36.8 Å². The number of aryl methyl sites for hydroxylation is 1. The van der Waals surface area contributed by atoms with Gasteiger partial charge in [0, 0.05) is 11.9 Å². The number of hydrogen-bond donors (Lipinski definition) is 1. The Hall–Kier alpha value is -2.41. The number of hydrogen-bond acceptors (Lipinski definition) is 5. The summed E-state index contributed by atoms with van der Waals surface area (Å²) in [5.74, 6) is 0. The summed E-state index contributed by atoms with van der Waals surface area (Å²) in [5, 5.41) is 19.3. The standard InChI is InChI=1S/C13H10N6S/c1-8-5-6-11-10(7-8)15-18-19(11)20-12-4-2-3-9-13(12)16-17-14-9/h2-7H,1H3,(H,14,16,17). The first-order valence-corrected chi connectivity index (χ1v) is 6.88. The van der Waals surface area contributed by atoms with E-state index in [4.69, 9.17) is 0 Å². The van der Waals surface area contributed by atoms with Gasteiger partial charge in [-0.15, -0.1) is 5.10 Å². The molecule has 2 aromatic carbocycles. The number of fused-ring (bicyclic) bond motifs is 2. The van der Waals surface area contributed by atoms with E-state index in [1.54, 1.807) is 4.09 Å². The third kappa shape index (κ3) is 1.75. The van der Waals surface area contributed by atoms with Crippen LogP contribution >= 0.6 is 11.9 Å². The van der Waals surface area contributed by atoms with Gasteiger partial charge in [0.25, 0.3) is 0 Å². The van der Waals surface area contributed by atoms with Crippen LogP contribution in [0.4, 0.5) is 0 Å². The molecule has 0 saturated carbocycles. The Bertz CT molecular complexity index is 909. The Morgan fingerprint density at radius 3 is 3.00 bits per heavy atom. The van der Waals surface area contributed by atoms with Crippen LogP contribution < -0.4 is 0 Å². The minimum absolute atomic E-state index is 0.841. The highest BCUT2D eigenvalue weighted by Gasteiger charge is 2.10. The molecule has 0 amide bonds. The molecule has 0 aliphatic carbocycles. The van der Waals surface area contributed by atoms with Gasteiger partial charge in [0.05, 0.1) is 4.90 Å². The number of nitrogens with zero attached hydrogens (tertiary/aromatic N) is 5. The fraction of sp³-hybridized carbons (Fsp3) is 0.0769. The summed E-state index contributed by atoms with van der Waals surface area (Å²) in [6.45, 7) is 2.04. The number of rotatable bonds is 2. The molecule has 0 aliphatic rings. The maximum atomic E-state index is 4.19. The topological polar surface area (TPSA) is 72.3 Å². The van der Waals surface area contributed by atoms with E-state index >= 15 is 0 Å². The van der Waals surface area contributed by atoms with Gasteiger partial charge >= 0.3 is 0 Å². The molecule has 7 heteroatoms. The Labute approximate surface area is 118 Å². The van der Waals surface area contributed by atoms with E-state index in [1.165, 1.54) is 17.5 Å². The second-order valence-electron chi connectivity index (χ2n) is 4.49. The highest BCUT2D eigenvalue weighted by Crippen LogP contribution is 2.28. The molecule has 0 spiro atoms. The molecule has 4 aromatic rings. The molecule has 0 radical (unpaired) electrons. The normalized spacial score (nSPS) is 11.4. The fourth-order valence-electron chi connectivity index (χ4n) is 2.09. The van der Waals surface area contributed by atoms with E-state index in [0.29, 0.717) is 0 Å². The van der Waals surface area contributed by atoms with Gasteiger partial charge in [-0.1, -0.05) is 17.3 Å². The molecule has 0 fully saturated rings. The van der Waals surface area contributed by atoms with Crippen LogP contribution in [0.1, 0.15) is 5.56 Å². The summed E-state index contributed by atoms with van der Waals surface area (Å²) in [4.78, 5) is 0.989. The average molecular weight is 282 g/mol. The van der Waals surface area contributed by atoms with Crippen LogP contribution in [-0.2, 0) is 0 Å². The summed E-state index contributed by atoms with van der Waals surface area (Å²) in [6, 6.07) is 12.0. The molecule has 0 aliphatic heterocycles. The SMILES string of the molecule is Cc1ccc2c(c1)nnn2Sc1cccc2n[nH]nc12. The van der Waals surface area contributed by atoms with Crippen LogP contribution in [0.25, 0.3) is 22.1 Å². The molecule has 0 atom stereocenters. The van der Waals surface area contributed by atoms with E-state index in [0.717, 1.165) is 27.0 Å². The lowest BCUT2D eigenvalue weighted by molar-refractivity contribution is 0.909. The van der Waals surface area contributed by atoms with Crippen molar-refractivity contribution < 1.29 is 0 Å². The second kappa shape index (κ2) is 4.31. The summed E-state index contributed by atoms with van der Waals surface area (Å²) < 4.78 is 1.80. The third-order valence-electron chi connectivity index (χ3n) is 3.07. The van der Waals surface area contributed by atoms with Crippen LogP contribution in [-0.4, -0.2) is 29.8 Å². The molecule has 2 aromatic heterocycles. The fourth-order valence-corrected chi connectivity index (χ4v) is 2.98. The van der Waals surface area contributed by atoms with Crippen molar-refractivity contribution in [3.05, 3.63) is 42.0 Å². The summed E-state index contributed by atoms with van der Waals surface area (Å²) in [5.41, 5.74) is 4.74. The molecular formula is C13H10N6S. The molecule has 98 valence electrons. The average Bonchev–Trinajstić information content (AvgIpc) is 3.06. The molecule has 20 heavy (non-hydrogen) atoms. The van der Waals surface area contributed by atoms with Crippen LogP contribution in [0.15, 0.2) is 41.3 Å². The van der Waals surface area contributed by atoms with Gasteiger partial charge in [0.15, 0.2) is 0 Å². The molecule has 0 unspecified atom stereocenters. The number of aromatic amines is 1. The first-order valence-electron chi connectivity index (χ1n) is 6.11. The summed E-state index contributed by atoms with van der Waals surface area (Å²) in [7, 11) is 0. The first kappa shape index (κ1) is 11.4. The second-order valence-corrected chi connectivity index (χ2v) is 5.46. The van der Waals surface area contributed by atoms with Crippen molar-refractivity contribution in [2.45, 2.75) is 11.8 Å². The summed E-state index contributed by atoms with van der Waals surface area (Å²) in [6.07, 6.45) is 0. The molecule has 1 N–H and O–H groups in total. The monoisotopic (exact) mass is 282 g/mol. The lowest BCUT2D eigenvalue weighted by atomic mass is 10.2. The van der Waals surface area contributed by atoms with Gasteiger partial charge < -0.3 is 0 Å². The number of aromatic nitrogens is 6. The van der Waals surface area contributed by atoms with Gasteiger partial charge in [-0.25, -0.2) is 0 Å². The Kier molecular flexibility index (Phi) is 2.46. The predicted molar refractivity (Wildman–Crippen MR) is 77.4 cm³/mol. The van der Waals surface area contributed by atoms with Crippen LogP contribution in [0, 0.1) is 6.92 Å². The van der Waals surface area contributed by atoms with Gasteiger partial charge in [0.2, 0.25) is 0 Å². The first-order chi connectivity index (χ1) is 9.81. The number of nitrogens with one attached hydrogen (secondary N) is 1. The number of H-pyrrole nitrogens is 1. The maximum Gasteiger partial charge on any atom is 0.128 e. The van der Waals surface area contributed by atoms with E-state index in [9.17, 15) is 0 Å². The van der Waals surface area contributed by atoms with Crippen molar-refractivity contribution in [2.24, 2.45) is 0 Å². The number of benzene rings is 2. The third-order valence-corrected chi connectivity index (χ3v) is 4.03. The lowest BCUT2D eigenvalue weighted by Crippen LogP contribution is -1.90. The highest BCUT2D eigenvalue weighted by molar-refractivity contribution is 7.98. The smallest absolute Gasteiger partial charge is 0.128 e. The van der Waals surface area contributed by atoms with Crippen molar-refractivity contribution >= 4 is 34.0 Å². The quantitative estimate of drug-likeness (QED) is 0.611. The Morgan fingerprint density at radius 1 is 1.10 bits per heavy atom. The van der Waals surface area contributed by atoms with Crippen LogP contribution in [0.2, 0.25) is 0 Å². The van der Waals surface area contributed by atoms with Crippen molar-refractivity contribution in [2.75, 3.05) is 0 Å². The van der Waals surface area contributed by atoms with E-state index in [-0.39, 0.29) is 0 Å². The van der Waals surface area contributed by atoms with Crippen LogP contribution in [0.5, 0.6) is 0 Å². The minimum atomic E-state index is 0.841. The molecule has 4 rings (SSSR count). The lowest BCUT2D eigenvalue weighted by Gasteiger charge is -2.01. The van der Waals surface area contributed by atoms with E-state index in [2.05, 4.69) is 31.8 Å². The Balaban J connectivity index is 1.83. The van der Waals surface area contributed by atoms with Gasteiger partial charge in [-0.2, -0.15) is 19.5 Å². The molecular weight excluding hydrogens is 272 g/mol.